The summed E-state index contributed by atoms with van der Waals surface area (Å²) in [6.07, 6.45) is 1.46. The van der Waals surface area contributed by atoms with Crippen molar-refractivity contribution in [3.05, 3.63) is 87.4 Å². The van der Waals surface area contributed by atoms with Crippen molar-refractivity contribution in [1.29, 1.82) is 0 Å². The zero-order valence-electron chi connectivity index (χ0n) is 16.2. The Morgan fingerprint density at radius 2 is 1.84 bits per heavy atom. The summed E-state index contributed by atoms with van der Waals surface area (Å²) in [5.41, 5.74) is 3.15. The number of benzene rings is 3. The molecule has 0 amide bonds. The van der Waals surface area contributed by atoms with Gasteiger partial charge in [0.1, 0.15) is 11.4 Å². The van der Waals surface area contributed by atoms with Gasteiger partial charge >= 0.3 is 0 Å². The Balaban J connectivity index is 1.82. The molecule has 9 nitrogen and oxygen atoms in total. The summed E-state index contributed by atoms with van der Waals surface area (Å²) >= 11 is 5.79. The molecule has 0 aliphatic rings. The lowest BCUT2D eigenvalue weighted by Gasteiger charge is -2.09. The number of ether oxygens (including phenoxy) is 1. The molecule has 0 bridgehead atoms. The minimum atomic E-state index is -4.05. The number of hydrazone groups is 1. The number of nitrogens with one attached hydrogen (secondary N) is 2. The maximum absolute atomic E-state index is 12.6. The summed E-state index contributed by atoms with van der Waals surface area (Å²) in [4.78, 5) is 10.5. The van der Waals surface area contributed by atoms with Gasteiger partial charge in [0, 0.05) is 16.8 Å². The van der Waals surface area contributed by atoms with Crippen LogP contribution in [-0.2, 0) is 10.0 Å². The molecule has 0 radical (unpaired) electrons. The number of anilines is 2. The Labute approximate surface area is 183 Å². The van der Waals surface area contributed by atoms with Gasteiger partial charge in [-0.05, 0) is 54.1 Å². The van der Waals surface area contributed by atoms with Crippen molar-refractivity contribution in [2.75, 3.05) is 17.3 Å². The quantitative estimate of drug-likeness (QED) is 0.290. The molecule has 31 heavy (non-hydrogen) atoms. The lowest BCUT2D eigenvalue weighted by Crippen LogP contribution is -2.13. The molecule has 0 fully saturated rings. The first kappa shape index (κ1) is 22.1. The average molecular weight is 461 g/mol. The first-order valence-electron chi connectivity index (χ1n) is 8.78. The highest BCUT2D eigenvalue weighted by Gasteiger charge is 2.21. The number of nitrogens with zero attached hydrogens (tertiary/aromatic N) is 2. The third-order valence-electron chi connectivity index (χ3n) is 4.07. The maximum Gasteiger partial charge on any atom is 0.295 e. The average Bonchev–Trinajstić information content (AvgIpc) is 2.75. The number of halogens is 1. The summed E-state index contributed by atoms with van der Waals surface area (Å²) in [6.45, 7) is 0. The predicted molar refractivity (Wildman–Crippen MR) is 120 cm³/mol. The molecule has 3 aromatic carbocycles. The van der Waals surface area contributed by atoms with Crippen LogP contribution in [0, 0.1) is 10.1 Å². The van der Waals surface area contributed by atoms with E-state index >= 15 is 0 Å². The van der Waals surface area contributed by atoms with Crippen molar-refractivity contribution in [1.82, 2.24) is 0 Å². The molecule has 3 aromatic rings. The molecule has 0 spiro atoms. The Bertz CT molecular complexity index is 1230. The molecule has 0 saturated carbocycles. The maximum atomic E-state index is 12.6. The molecule has 0 saturated heterocycles. The van der Waals surface area contributed by atoms with E-state index in [9.17, 15) is 18.5 Å². The van der Waals surface area contributed by atoms with Crippen LogP contribution in [0.3, 0.4) is 0 Å². The summed E-state index contributed by atoms with van der Waals surface area (Å²) in [7, 11) is -2.51. The summed E-state index contributed by atoms with van der Waals surface area (Å²) in [5.74, 6) is 0.637. The largest absolute Gasteiger partial charge is 0.497 e. The van der Waals surface area contributed by atoms with Crippen LogP contribution in [-0.4, -0.2) is 26.7 Å². The molecule has 11 heteroatoms. The highest BCUT2D eigenvalue weighted by atomic mass is 35.5. The van der Waals surface area contributed by atoms with Crippen molar-refractivity contribution in [2.24, 2.45) is 5.10 Å². The fourth-order valence-corrected chi connectivity index (χ4v) is 3.76. The van der Waals surface area contributed by atoms with Crippen LogP contribution in [0.4, 0.5) is 17.1 Å². The molecule has 160 valence electrons. The first-order chi connectivity index (χ1) is 14.8. The molecular formula is C20H17ClN4O5S. The van der Waals surface area contributed by atoms with E-state index in [1.807, 2.05) is 0 Å². The molecule has 0 aliphatic heterocycles. The smallest absolute Gasteiger partial charge is 0.295 e. The molecule has 3 rings (SSSR count). The summed E-state index contributed by atoms with van der Waals surface area (Å²) < 4.78 is 32.7. The first-order valence-corrected chi connectivity index (χ1v) is 10.6. The van der Waals surface area contributed by atoms with E-state index in [2.05, 4.69) is 15.2 Å². The van der Waals surface area contributed by atoms with Gasteiger partial charge in [-0.15, -0.1) is 0 Å². The summed E-state index contributed by atoms with van der Waals surface area (Å²) in [5, 5.41) is 15.9. The van der Waals surface area contributed by atoms with Gasteiger partial charge in [0.15, 0.2) is 0 Å². The number of hydrogen-bond acceptors (Lipinski definition) is 7. The van der Waals surface area contributed by atoms with E-state index < -0.39 is 20.6 Å². The highest BCUT2D eigenvalue weighted by Crippen LogP contribution is 2.29. The minimum absolute atomic E-state index is 0.0367. The number of nitro benzene ring substituents is 1. The third kappa shape index (κ3) is 5.71. The molecule has 0 aliphatic carbocycles. The van der Waals surface area contributed by atoms with Gasteiger partial charge in [-0.2, -0.15) is 5.10 Å². The third-order valence-corrected chi connectivity index (χ3v) is 5.70. The van der Waals surface area contributed by atoms with Crippen molar-refractivity contribution >= 4 is 44.9 Å². The molecule has 0 aromatic heterocycles. The van der Waals surface area contributed by atoms with Crippen molar-refractivity contribution in [3.8, 4) is 5.75 Å². The van der Waals surface area contributed by atoms with Gasteiger partial charge in [-0.1, -0.05) is 23.7 Å². The zero-order chi connectivity index (χ0) is 22.4. The zero-order valence-corrected chi connectivity index (χ0v) is 17.7. The fourth-order valence-electron chi connectivity index (χ4n) is 2.55. The second-order valence-electron chi connectivity index (χ2n) is 6.20. The molecule has 2 N–H and O–H groups in total. The monoisotopic (exact) mass is 460 g/mol. The lowest BCUT2D eigenvalue weighted by atomic mass is 10.2. The molecular weight excluding hydrogens is 444 g/mol. The summed E-state index contributed by atoms with van der Waals surface area (Å²) in [6, 6.07) is 16.5. The van der Waals surface area contributed by atoms with Crippen LogP contribution >= 0.6 is 11.6 Å². The van der Waals surface area contributed by atoms with Gasteiger partial charge in [0.05, 0.1) is 23.1 Å². The van der Waals surface area contributed by atoms with Gasteiger partial charge < -0.3 is 4.74 Å². The molecule has 0 heterocycles. The van der Waals surface area contributed by atoms with Crippen molar-refractivity contribution in [2.45, 2.75) is 4.90 Å². The number of rotatable bonds is 8. The Hall–Kier alpha value is -3.63. The van der Waals surface area contributed by atoms with Crippen LogP contribution in [0.5, 0.6) is 5.75 Å². The van der Waals surface area contributed by atoms with Crippen molar-refractivity contribution < 1.29 is 18.1 Å². The molecule has 0 atom stereocenters. The molecule has 0 unspecified atom stereocenters. The number of nitro groups is 1. The van der Waals surface area contributed by atoms with Crippen LogP contribution < -0.4 is 14.9 Å². The Kier molecular flexibility index (Phi) is 6.73. The normalized spacial score (nSPS) is 11.3. The van der Waals surface area contributed by atoms with Crippen LogP contribution in [0.25, 0.3) is 0 Å². The highest BCUT2D eigenvalue weighted by molar-refractivity contribution is 7.92. The fraction of sp³-hybridized carbons (Fsp3) is 0.0500. The second-order valence-corrected chi connectivity index (χ2v) is 8.31. The van der Waals surface area contributed by atoms with Crippen LogP contribution in [0.1, 0.15) is 5.56 Å². The van der Waals surface area contributed by atoms with Gasteiger partial charge in [0.25, 0.3) is 15.7 Å². The van der Waals surface area contributed by atoms with E-state index in [0.717, 1.165) is 6.07 Å². The van der Waals surface area contributed by atoms with Gasteiger partial charge in [-0.3, -0.25) is 20.3 Å². The topological polar surface area (TPSA) is 123 Å². The minimum Gasteiger partial charge on any atom is -0.497 e. The van der Waals surface area contributed by atoms with E-state index in [1.165, 1.54) is 49.7 Å². The SMILES string of the molecule is COc1cccc(C=NNc2ccc(S(=O)(=O)Nc3ccc(Cl)cc3)cc2[N+](=O)[O-])c1. The van der Waals surface area contributed by atoms with Crippen LogP contribution in [0.2, 0.25) is 5.02 Å². The number of sulfonamides is 1. The lowest BCUT2D eigenvalue weighted by molar-refractivity contribution is -0.384. The van der Waals surface area contributed by atoms with Crippen molar-refractivity contribution in [3.63, 3.8) is 0 Å². The standard InChI is InChI=1S/C20H17ClN4O5S/c1-30-17-4-2-3-14(11-17)13-22-23-19-10-9-18(12-20(19)25(26)27)31(28,29)24-16-7-5-15(21)6-8-16/h2-13,23-24H,1H3. The Morgan fingerprint density at radius 3 is 2.52 bits per heavy atom. The second kappa shape index (κ2) is 9.45. The van der Waals surface area contributed by atoms with E-state index in [1.54, 1.807) is 24.3 Å². The van der Waals surface area contributed by atoms with Gasteiger partial charge in [0.2, 0.25) is 0 Å². The Morgan fingerprint density at radius 1 is 1.10 bits per heavy atom. The number of methoxy groups -OCH3 is 1. The van der Waals surface area contributed by atoms with E-state index in [4.69, 9.17) is 16.3 Å². The van der Waals surface area contributed by atoms with E-state index in [0.29, 0.717) is 16.3 Å². The van der Waals surface area contributed by atoms with Crippen LogP contribution in [0.15, 0.2) is 76.7 Å². The van der Waals surface area contributed by atoms with E-state index in [-0.39, 0.29) is 16.3 Å². The predicted octanol–water partition coefficient (Wildman–Crippen LogP) is 4.50. The number of hydrogen-bond donors (Lipinski definition) is 2. The van der Waals surface area contributed by atoms with Gasteiger partial charge in [-0.25, -0.2) is 8.42 Å².